The third-order valence-corrected chi connectivity index (χ3v) is 3.84. The number of hydrogen-bond acceptors (Lipinski definition) is 3. The highest BCUT2D eigenvalue weighted by Gasteiger charge is 2.20. The van der Waals surface area contributed by atoms with Gasteiger partial charge in [-0.2, -0.15) is 0 Å². The zero-order valence-corrected chi connectivity index (χ0v) is 16.1. The number of amides is 1. The zero-order chi connectivity index (χ0) is 19.0. The van der Waals surface area contributed by atoms with E-state index in [4.69, 9.17) is 11.6 Å². The first kappa shape index (κ1) is 20.9. The lowest BCUT2D eigenvalue weighted by atomic mass is 10.1. The van der Waals surface area contributed by atoms with Crippen LogP contribution in [0.25, 0.3) is 0 Å². The molecular weight excluding hydrogens is 341 g/mol. The van der Waals surface area contributed by atoms with Crippen LogP contribution in [0.3, 0.4) is 0 Å². The van der Waals surface area contributed by atoms with E-state index in [0.717, 1.165) is 0 Å². The molecule has 0 atom stereocenters. The van der Waals surface area contributed by atoms with Gasteiger partial charge in [-0.1, -0.05) is 37.6 Å². The minimum absolute atomic E-state index is 0.00387. The maximum Gasteiger partial charge on any atom is 0.229 e. The summed E-state index contributed by atoms with van der Waals surface area (Å²) in [6, 6.07) is 3.43. The molecule has 25 heavy (non-hydrogen) atoms. The summed E-state index contributed by atoms with van der Waals surface area (Å²) >= 11 is 5.99. The van der Waals surface area contributed by atoms with Crippen LogP contribution >= 0.6 is 11.6 Å². The van der Waals surface area contributed by atoms with Crippen LogP contribution in [0.15, 0.2) is 53.9 Å². The zero-order valence-electron chi connectivity index (χ0n) is 15.3. The molecule has 1 N–H and O–H groups in total. The number of halogens is 2. The fraction of sp³-hybridized carbons (Fsp3) is 0.368. The molecule has 1 heterocycles. The van der Waals surface area contributed by atoms with Gasteiger partial charge in [-0.15, -0.1) is 0 Å². The summed E-state index contributed by atoms with van der Waals surface area (Å²) in [6.45, 7) is 7.36. The fourth-order valence-electron chi connectivity index (χ4n) is 2.47. The second kappa shape index (κ2) is 9.99. The standard InChI is InChI=1S/C19H25ClFN3O/c1-6-11-24(5)18(13(3)4)17(15(21)7-2)23-16(25)12-14-9-8-10-22-19(14)20/h6-11,13H,12H2,1-5H3,(H,23,25)/b11-6-,15-7+,18-17+. The van der Waals surface area contributed by atoms with Crippen LogP contribution in [-0.4, -0.2) is 22.8 Å². The topological polar surface area (TPSA) is 45.2 Å². The molecule has 1 aromatic rings. The predicted octanol–water partition coefficient (Wildman–Crippen LogP) is 4.60. The minimum Gasteiger partial charge on any atom is -0.353 e. The number of hydrogen-bond donors (Lipinski definition) is 1. The van der Waals surface area contributed by atoms with Gasteiger partial charge >= 0.3 is 0 Å². The van der Waals surface area contributed by atoms with Crippen molar-refractivity contribution in [3.63, 3.8) is 0 Å². The summed E-state index contributed by atoms with van der Waals surface area (Å²) in [6.07, 6.45) is 6.58. The van der Waals surface area contributed by atoms with Crippen molar-refractivity contribution >= 4 is 17.5 Å². The lowest BCUT2D eigenvalue weighted by Gasteiger charge is -2.26. The third-order valence-electron chi connectivity index (χ3n) is 3.50. The number of allylic oxidation sites excluding steroid dienone is 4. The molecule has 0 spiro atoms. The van der Waals surface area contributed by atoms with Gasteiger partial charge in [0.15, 0.2) is 0 Å². The Kier molecular flexibility index (Phi) is 8.35. The van der Waals surface area contributed by atoms with Crippen LogP contribution in [0.5, 0.6) is 0 Å². The second-order valence-corrected chi connectivity index (χ2v) is 6.18. The van der Waals surface area contributed by atoms with E-state index >= 15 is 0 Å². The summed E-state index contributed by atoms with van der Waals surface area (Å²) in [5.74, 6) is -0.830. The summed E-state index contributed by atoms with van der Waals surface area (Å²) in [5.41, 5.74) is 1.44. The SMILES string of the molecule is C/C=C\N(C)/C(=C(NC(=O)Cc1cccnc1Cl)\C(F)=C/C)C(C)C. The summed E-state index contributed by atoms with van der Waals surface area (Å²) in [4.78, 5) is 18.2. The van der Waals surface area contributed by atoms with Crippen molar-refractivity contribution in [1.82, 2.24) is 15.2 Å². The van der Waals surface area contributed by atoms with Crippen LogP contribution in [0.2, 0.25) is 5.15 Å². The number of nitrogens with one attached hydrogen (secondary N) is 1. The first-order chi connectivity index (χ1) is 11.8. The highest BCUT2D eigenvalue weighted by atomic mass is 35.5. The van der Waals surface area contributed by atoms with Gasteiger partial charge in [-0.3, -0.25) is 4.79 Å². The van der Waals surface area contributed by atoms with E-state index in [1.54, 1.807) is 30.2 Å². The van der Waals surface area contributed by atoms with E-state index in [0.29, 0.717) is 11.3 Å². The normalized spacial score (nSPS) is 13.2. The fourth-order valence-corrected chi connectivity index (χ4v) is 2.66. The first-order valence-electron chi connectivity index (χ1n) is 8.13. The van der Waals surface area contributed by atoms with E-state index in [-0.39, 0.29) is 29.1 Å². The third kappa shape index (κ3) is 6.02. The average molecular weight is 366 g/mol. The molecule has 0 fully saturated rings. The van der Waals surface area contributed by atoms with Crippen LogP contribution < -0.4 is 5.32 Å². The molecule has 0 aliphatic rings. The van der Waals surface area contributed by atoms with Crippen molar-refractivity contribution in [1.29, 1.82) is 0 Å². The number of carbonyl (C=O) groups excluding carboxylic acids is 1. The quantitative estimate of drug-likeness (QED) is 0.567. The maximum atomic E-state index is 14.5. The van der Waals surface area contributed by atoms with E-state index in [1.807, 2.05) is 40.1 Å². The predicted molar refractivity (Wildman–Crippen MR) is 100 cm³/mol. The highest BCUT2D eigenvalue weighted by Crippen LogP contribution is 2.23. The molecule has 1 amide bonds. The molecule has 1 aromatic heterocycles. The maximum absolute atomic E-state index is 14.5. The Hall–Kier alpha value is -2.14. The van der Waals surface area contributed by atoms with Gasteiger partial charge in [0.1, 0.15) is 11.0 Å². The van der Waals surface area contributed by atoms with Crippen molar-refractivity contribution in [2.75, 3.05) is 7.05 Å². The van der Waals surface area contributed by atoms with Crippen molar-refractivity contribution in [2.45, 2.75) is 34.1 Å². The van der Waals surface area contributed by atoms with Crippen LogP contribution in [-0.2, 0) is 11.2 Å². The number of rotatable bonds is 7. The van der Waals surface area contributed by atoms with E-state index in [2.05, 4.69) is 10.3 Å². The summed E-state index contributed by atoms with van der Waals surface area (Å²) in [5, 5.41) is 2.97. The molecule has 0 aromatic carbocycles. The van der Waals surface area contributed by atoms with Gasteiger partial charge in [0, 0.05) is 18.9 Å². The van der Waals surface area contributed by atoms with Crippen LogP contribution in [0.1, 0.15) is 33.3 Å². The Morgan fingerprint density at radius 3 is 2.64 bits per heavy atom. The van der Waals surface area contributed by atoms with Gasteiger partial charge in [0.05, 0.1) is 12.1 Å². The summed E-state index contributed by atoms with van der Waals surface area (Å²) < 4.78 is 14.5. The molecular formula is C19H25ClFN3O. The Morgan fingerprint density at radius 1 is 1.44 bits per heavy atom. The van der Waals surface area contributed by atoms with Gasteiger partial charge in [-0.05, 0) is 43.7 Å². The second-order valence-electron chi connectivity index (χ2n) is 5.82. The smallest absolute Gasteiger partial charge is 0.229 e. The van der Waals surface area contributed by atoms with Crippen molar-refractivity contribution in [3.8, 4) is 0 Å². The van der Waals surface area contributed by atoms with Crippen molar-refractivity contribution in [2.24, 2.45) is 5.92 Å². The minimum atomic E-state index is -0.481. The molecule has 0 bridgehead atoms. The van der Waals surface area contributed by atoms with E-state index in [1.165, 1.54) is 6.08 Å². The molecule has 0 saturated heterocycles. The van der Waals surface area contributed by atoms with Gasteiger partial charge < -0.3 is 10.2 Å². The highest BCUT2D eigenvalue weighted by molar-refractivity contribution is 6.30. The lowest BCUT2D eigenvalue weighted by Crippen LogP contribution is -2.30. The van der Waals surface area contributed by atoms with Gasteiger partial charge in [0.25, 0.3) is 0 Å². The molecule has 1 rings (SSSR count). The molecule has 0 aliphatic carbocycles. The Balaban J connectivity index is 3.20. The molecule has 6 heteroatoms. The molecule has 0 saturated carbocycles. The molecule has 136 valence electrons. The number of nitrogens with zero attached hydrogens (tertiary/aromatic N) is 2. The van der Waals surface area contributed by atoms with Gasteiger partial charge in [0.2, 0.25) is 5.91 Å². The van der Waals surface area contributed by atoms with Crippen molar-refractivity contribution in [3.05, 3.63) is 64.6 Å². The number of aromatic nitrogens is 1. The molecule has 4 nitrogen and oxygen atoms in total. The molecule has 0 aliphatic heterocycles. The number of carbonyl (C=O) groups is 1. The average Bonchev–Trinajstić information content (AvgIpc) is 2.55. The van der Waals surface area contributed by atoms with Gasteiger partial charge in [-0.25, -0.2) is 9.37 Å². The largest absolute Gasteiger partial charge is 0.353 e. The van der Waals surface area contributed by atoms with E-state index < -0.39 is 5.83 Å². The Bertz CT molecular complexity index is 696. The monoisotopic (exact) mass is 365 g/mol. The Morgan fingerprint density at radius 2 is 2.12 bits per heavy atom. The molecule has 0 unspecified atom stereocenters. The van der Waals surface area contributed by atoms with E-state index in [9.17, 15) is 9.18 Å². The first-order valence-corrected chi connectivity index (χ1v) is 8.50. The van der Waals surface area contributed by atoms with Crippen LogP contribution in [0.4, 0.5) is 4.39 Å². The summed E-state index contributed by atoms with van der Waals surface area (Å²) in [7, 11) is 1.82. The van der Waals surface area contributed by atoms with Crippen molar-refractivity contribution < 1.29 is 9.18 Å². The Labute approximate surface area is 154 Å². The number of pyridine rings is 1. The van der Waals surface area contributed by atoms with Crippen LogP contribution in [0, 0.1) is 5.92 Å². The lowest BCUT2D eigenvalue weighted by molar-refractivity contribution is -0.119. The molecule has 0 radical (unpaired) electrons.